The Bertz CT molecular complexity index is 5790. The van der Waals surface area contributed by atoms with Gasteiger partial charge in [-0.2, -0.15) is 0 Å². The van der Waals surface area contributed by atoms with Crippen LogP contribution in [0.1, 0.15) is 25.0 Å². The number of anilines is 6. The molecular weight excluding hydrogens is 1150 g/mol. The normalized spacial score (nSPS) is 12.4. The van der Waals surface area contributed by atoms with Crippen molar-refractivity contribution < 1.29 is 0 Å². The first kappa shape index (κ1) is 55.6. The molecule has 1 aliphatic carbocycles. The van der Waals surface area contributed by atoms with E-state index in [0.29, 0.717) is 0 Å². The number of nitrogens with zero attached hydrogens (tertiary/aromatic N) is 4. The van der Waals surface area contributed by atoms with Crippen LogP contribution < -0.4 is 9.80 Å². The van der Waals surface area contributed by atoms with Crippen LogP contribution in [0.25, 0.3) is 121 Å². The second-order valence-corrected chi connectivity index (χ2v) is 25.7. The van der Waals surface area contributed by atoms with E-state index in [4.69, 9.17) is 0 Å². The molecule has 95 heavy (non-hydrogen) atoms. The molecule has 0 atom stereocenters. The zero-order valence-electron chi connectivity index (χ0n) is 52.8. The lowest BCUT2D eigenvalue weighted by atomic mass is 9.81. The fourth-order valence-corrected chi connectivity index (χ4v) is 15.3. The van der Waals surface area contributed by atoms with Gasteiger partial charge in [0.25, 0.3) is 0 Å². The van der Waals surface area contributed by atoms with Crippen LogP contribution in [-0.2, 0) is 5.41 Å². The van der Waals surface area contributed by atoms with Crippen molar-refractivity contribution in [2.75, 3.05) is 9.80 Å². The SMILES string of the molecule is CC1(C)c2cc(N(c3ccc(-c4ccccc4)cc3)c3cccc(-c4ccc5c(c4)c4ccccc4n5-c4ccccc4)c3)ccc2-c2c1cc(N(c1ccc(-c3ccccc3)cc1)c1cccc(-c3ccc4c(c3)c3ccccc3n4-c3ccccc3)c1)c1ccccc21. The van der Waals surface area contributed by atoms with E-state index in [-0.39, 0.29) is 0 Å². The van der Waals surface area contributed by atoms with Crippen LogP contribution in [0.4, 0.5) is 34.1 Å². The quantitative estimate of drug-likeness (QED) is 0.121. The van der Waals surface area contributed by atoms with Gasteiger partial charge >= 0.3 is 0 Å². The third kappa shape index (κ3) is 9.36. The third-order valence-corrected chi connectivity index (χ3v) is 19.9. The first-order valence-electron chi connectivity index (χ1n) is 32.9. The predicted molar refractivity (Wildman–Crippen MR) is 401 cm³/mol. The minimum Gasteiger partial charge on any atom is -0.310 e. The van der Waals surface area contributed by atoms with E-state index in [9.17, 15) is 0 Å². The van der Waals surface area contributed by atoms with Crippen LogP contribution in [0, 0.1) is 0 Å². The lowest BCUT2D eigenvalue weighted by Crippen LogP contribution is -2.18. The Morgan fingerprint density at radius 2 is 0.600 bits per heavy atom. The summed E-state index contributed by atoms with van der Waals surface area (Å²) in [4.78, 5) is 4.95. The summed E-state index contributed by atoms with van der Waals surface area (Å²) in [6.45, 7) is 4.85. The summed E-state index contributed by atoms with van der Waals surface area (Å²) < 4.78 is 4.77. The molecule has 1 aliphatic rings. The summed E-state index contributed by atoms with van der Waals surface area (Å²) in [6.07, 6.45) is 0. The molecule has 0 bridgehead atoms. The number of hydrogen-bond donors (Lipinski definition) is 0. The largest absolute Gasteiger partial charge is 0.310 e. The Kier molecular flexibility index (Phi) is 13.2. The topological polar surface area (TPSA) is 16.3 Å². The second kappa shape index (κ2) is 22.6. The summed E-state index contributed by atoms with van der Waals surface area (Å²) in [5, 5.41) is 7.34. The molecule has 0 saturated heterocycles. The van der Waals surface area contributed by atoms with E-state index in [1.165, 1.54) is 110 Å². The highest BCUT2D eigenvalue weighted by molar-refractivity contribution is 6.13. The van der Waals surface area contributed by atoms with Crippen molar-refractivity contribution in [2.24, 2.45) is 0 Å². The van der Waals surface area contributed by atoms with Crippen LogP contribution in [0.15, 0.2) is 352 Å². The highest BCUT2D eigenvalue weighted by Crippen LogP contribution is 2.56. The van der Waals surface area contributed by atoms with Crippen molar-refractivity contribution in [2.45, 2.75) is 19.3 Å². The molecule has 0 spiro atoms. The van der Waals surface area contributed by atoms with Crippen molar-refractivity contribution in [1.82, 2.24) is 9.13 Å². The first-order chi connectivity index (χ1) is 46.9. The summed E-state index contributed by atoms with van der Waals surface area (Å²) in [6, 6.07) is 130. The van der Waals surface area contributed by atoms with E-state index >= 15 is 0 Å². The van der Waals surface area contributed by atoms with Gasteiger partial charge in [-0.05, 0) is 200 Å². The molecule has 4 heteroatoms. The van der Waals surface area contributed by atoms with Crippen molar-refractivity contribution in [1.29, 1.82) is 0 Å². The Hall–Kier alpha value is -12.2. The molecule has 0 aliphatic heterocycles. The first-order valence-corrected chi connectivity index (χ1v) is 32.9. The van der Waals surface area contributed by atoms with Crippen molar-refractivity contribution >= 4 is 88.5 Å². The van der Waals surface area contributed by atoms with Crippen molar-refractivity contribution in [3.8, 4) is 67.0 Å². The van der Waals surface area contributed by atoms with Gasteiger partial charge in [0.05, 0.1) is 27.8 Å². The molecule has 2 heterocycles. The second-order valence-electron chi connectivity index (χ2n) is 25.7. The van der Waals surface area contributed by atoms with Crippen LogP contribution in [-0.4, -0.2) is 9.13 Å². The van der Waals surface area contributed by atoms with Crippen LogP contribution in [0.3, 0.4) is 0 Å². The van der Waals surface area contributed by atoms with Gasteiger partial charge in [-0.25, -0.2) is 0 Å². The number of hydrogen-bond acceptors (Lipinski definition) is 2. The molecule has 4 nitrogen and oxygen atoms in total. The zero-order chi connectivity index (χ0) is 63.1. The molecular formula is C91H64N4. The molecule has 17 aromatic rings. The molecule has 0 amide bonds. The van der Waals surface area contributed by atoms with Crippen LogP contribution in [0.5, 0.6) is 0 Å². The van der Waals surface area contributed by atoms with Gasteiger partial charge in [-0.3, -0.25) is 0 Å². The van der Waals surface area contributed by atoms with E-state index < -0.39 is 5.41 Å². The Labute approximate surface area is 553 Å². The Balaban J connectivity index is 0.771. The fourth-order valence-electron chi connectivity index (χ4n) is 15.3. The summed E-state index contributed by atoms with van der Waals surface area (Å²) in [7, 11) is 0. The standard InChI is InChI=1S/C91H64N4/c1-91(2)83-59-75(92(71-47-41-63(42-48-71)61-23-7-3-8-24-61)73-33-21-27-65(55-73)67-45-53-87-81(57-67)77-36-17-19-39-85(77)94(87)69-29-11-5-12-30-69)51-52-80(83)90-79-38-16-15-35-76(79)89(60-84(90)91)93(72-49-43-64(44-50-72)62-25-9-4-10-26-62)74-34-22-28-66(56-74)68-46-54-88-82(58-68)78-37-18-20-40-86(78)95(88)70-31-13-6-14-32-70/h3-60H,1-2H3. The monoisotopic (exact) mass is 1210 g/mol. The van der Waals surface area contributed by atoms with Gasteiger partial charge in [0, 0.05) is 72.2 Å². The van der Waals surface area contributed by atoms with Crippen LogP contribution >= 0.6 is 0 Å². The number of rotatable bonds is 12. The molecule has 0 N–H and O–H groups in total. The maximum Gasteiger partial charge on any atom is 0.0543 e. The van der Waals surface area contributed by atoms with Gasteiger partial charge in [0.1, 0.15) is 0 Å². The van der Waals surface area contributed by atoms with E-state index in [1.54, 1.807) is 0 Å². The Morgan fingerprint density at radius 3 is 1.12 bits per heavy atom. The predicted octanol–water partition coefficient (Wildman–Crippen LogP) is 24.9. The summed E-state index contributed by atoms with van der Waals surface area (Å²) >= 11 is 0. The summed E-state index contributed by atoms with van der Waals surface area (Å²) in [5.41, 5.74) is 27.7. The average Bonchev–Trinajstić information content (AvgIpc) is 1.58. The number of benzene rings is 15. The average molecular weight is 1210 g/mol. The minimum absolute atomic E-state index is 0.405. The smallest absolute Gasteiger partial charge is 0.0543 e. The van der Waals surface area contributed by atoms with Gasteiger partial charge in [0.15, 0.2) is 0 Å². The molecule has 0 fully saturated rings. The van der Waals surface area contributed by atoms with Crippen molar-refractivity contribution in [3.05, 3.63) is 363 Å². The minimum atomic E-state index is -0.405. The molecule has 18 rings (SSSR count). The van der Waals surface area contributed by atoms with Crippen molar-refractivity contribution in [3.63, 3.8) is 0 Å². The maximum absolute atomic E-state index is 2.51. The lowest BCUT2D eigenvalue weighted by molar-refractivity contribution is 0.661. The summed E-state index contributed by atoms with van der Waals surface area (Å²) in [5.74, 6) is 0. The van der Waals surface area contributed by atoms with Gasteiger partial charge in [0.2, 0.25) is 0 Å². The highest BCUT2D eigenvalue weighted by atomic mass is 15.2. The zero-order valence-corrected chi connectivity index (χ0v) is 52.8. The Morgan fingerprint density at radius 1 is 0.232 bits per heavy atom. The number of fused-ring (bicyclic) bond motifs is 11. The molecule has 15 aromatic carbocycles. The van der Waals surface area contributed by atoms with Crippen LogP contribution in [0.2, 0.25) is 0 Å². The number of aromatic nitrogens is 2. The maximum atomic E-state index is 2.51. The van der Waals surface area contributed by atoms with E-state index in [1.807, 2.05) is 0 Å². The molecule has 0 unspecified atom stereocenters. The lowest BCUT2D eigenvalue weighted by Gasteiger charge is -2.30. The molecule has 448 valence electrons. The molecule has 0 radical (unpaired) electrons. The molecule has 2 aromatic heterocycles. The van der Waals surface area contributed by atoms with Gasteiger partial charge in [-0.1, -0.05) is 238 Å². The van der Waals surface area contributed by atoms with Gasteiger partial charge in [-0.15, -0.1) is 0 Å². The van der Waals surface area contributed by atoms with E-state index in [2.05, 4.69) is 385 Å². The molecule has 0 saturated carbocycles. The van der Waals surface area contributed by atoms with Gasteiger partial charge < -0.3 is 18.9 Å². The highest BCUT2D eigenvalue weighted by Gasteiger charge is 2.39. The fraction of sp³-hybridized carbons (Fsp3) is 0.0330. The third-order valence-electron chi connectivity index (χ3n) is 19.9. The number of para-hydroxylation sites is 4. The van der Waals surface area contributed by atoms with E-state index in [0.717, 1.165) is 56.6 Å².